The molecule has 1 N–H and O–H groups in total. The first kappa shape index (κ1) is 16.2. The highest BCUT2D eigenvalue weighted by molar-refractivity contribution is 8.00. The van der Waals surface area contributed by atoms with E-state index < -0.39 is 0 Å². The minimum absolute atomic E-state index is 0.197. The predicted octanol–water partition coefficient (Wildman–Crippen LogP) is 3.37. The predicted molar refractivity (Wildman–Crippen MR) is 86.8 cm³/mol. The molecule has 6 heteroatoms. The van der Waals surface area contributed by atoms with Gasteiger partial charge < -0.3 is 5.32 Å². The van der Waals surface area contributed by atoms with Crippen molar-refractivity contribution in [3.05, 3.63) is 33.1 Å². The van der Waals surface area contributed by atoms with E-state index in [0.29, 0.717) is 22.4 Å². The van der Waals surface area contributed by atoms with Gasteiger partial charge in [-0.25, -0.2) is 0 Å². The van der Waals surface area contributed by atoms with Gasteiger partial charge >= 0.3 is 0 Å². The van der Waals surface area contributed by atoms with Gasteiger partial charge in [0.25, 0.3) is 5.69 Å². The Morgan fingerprint density at radius 1 is 1.43 bits per heavy atom. The molecule has 0 spiro atoms. The fraction of sp³-hybridized carbons (Fsp3) is 0.667. The lowest BCUT2D eigenvalue weighted by molar-refractivity contribution is -0.386. The minimum Gasteiger partial charge on any atom is -0.310 e. The lowest BCUT2D eigenvalue weighted by Gasteiger charge is -2.27. The van der Waals surface area contributed by atoms with Gasteiger partial charge in [-0.3, -0.25) is 15.1 Å². The zero-order valence-corrected chi connectivity index (χ0v) is 13.8. The number of hydrogen-bond acceptors (Lipinski definition) is 5. The molecule has 0 bridgehead atoms. The van der Waals surface area contributed by atoms with Crippen LogP contribution in [0.2, 0.25) is 0 Å². The van der Waals surface area contributed by atoms with Crippen LogP contribution in [0.4, 0.5) is 5.69 Å². The standard InChI is InChI=1S/C15H23N3O2S/c1-11-8-17-13(12(2)14(11)18(19)20)9-16-10-15(21-3)6-4-5-7-15/h8,16H,4-7,9-10H2,1-3H3. The number of rotatable bonds is 6. The van der Waals surface area contributed by atoms with Gasteiger partial charge in [-0.15, -0.1) is 0 Å². The maximum absolute atomic E-state index is 11.1. The molecule has 1 heterocycles. The minimum atomic E-state index is -0.309. The Morgan fingerprint density at radius 2 is 2.10 bits per heavy atom. The molecular weight excluding hydrogens is 286 g/mol. The van der Waals surface area contributed by atoms with Crippen molar-refractivity contribution in [2.75, 3.05) is 12.8 Å². The Morgan fingerprint density at radius 3 is 2.67 bits per heavy atom. The molecule has 1 saturated carbocycles. The molecule has 116 valence electrons. The highest BCUT2D eigenvalue weighted by Crippen LogP contribution is 2.39. The summed E-state index contributed by atoms with van der Waals surface area (Å²) in [5.41, 5.74) is 2.28. The molecule has 0 atom stereocenters. The summed E-state index contributed by atoms with van der Waals surface area (Å²) >= 11 is 1.94. The topological polar surface area (TPSA) is 68.1 Å². The Labute approximate surface area is 130 Å². The fourth-order valence-electron chi connectivity index (χ4n) is 3.11. The number of nitro groups is 1. The lowest BCUT2D eigenvalue weighted by atomic mass is 10.1. The fourth-order valence-corrected chi connectivity index (χ4v) is 4.05. The van der Waals surface area contributed by atoms with E-state index in [-0.39, 0.29) is 10.6 Å². The maximum Gasteiger partial charge on any atom is 0.278 e. The van der Waals surface area contributed by atoms with Crippen LogP contribution < -0.4 is 5.32 Å². The van der Waals surface area contributed by atoms with Gasteiger partial charge in [-0.05, 0) is 32.9 Å². The first-order valence-electron chi connectivity index (χ1n) is 7.34. The molecule has 0 amide bonds. The molecule has 1 aliphatic carbocycles. The van der Waals surface area contributed by atoms with Crippen LogP contribution in [-0.4, -0.2) is 27.5 Å². The summed E-state index contributed by atoms with van der Waals surface area (Å²) in [5.74, 6) is 0. The third kappa shape index (κ3) is 3.55. The van der Waals surface area contributed by atoms with Gasteiger partial charge in [0.15, 0.2) is 0 Å². The van der Waals surface area contributed by atoms with E-state index in [1.165, 1.54) is 25.7 Å². The van der Waals surface area contributed by atoms with E-state index in [2.05, 4.69) is 16.6 Å². The van der Waals surface area contributed by atoms with Crippen LogP contribution >= 0.6 is 11.8 Å². The zero-order valence-electron chi connectivity index (χ0n) is 12.9. The maximum atomic E-state index is 11.1. The van der Waals surface area contributed by atoms with Crippen molar-refractivity contribution < 1.29 is 4.92 Å². The number of thioether (sulfide) groups is 1. The van der Waals surface area contributed by atoms with Crippen molar-refractivity contribution in [1.82, 2.24) is 10.3 Å². The van der Waals surface area contributed by atoms with Crippen molar-refractivity contribution in [3.63, 3.8) is 0 Å². The van der Waals surface area contributed by atoms with E-state index in [9.17, 15) is 10.1 Å². The van der Waals surface area contributed by atoms with Crippen LogP contribution in [0.5, 0.6) is 0 Å². The Hall–Kier alpha value is -1.14. The molecule has 0 radical (unpaired) electrons. The second-order valence-electron chi connectivity index (χ2n) is 5.82. The summed E-state index contributed by atoms with van der Waals surface area (Å²) in [6.07, 6.45) is 8.88. The number of pyridine rings is 1. The summed E-state index contributed by atoms with van der Waals surface area (Å²) in [5, 5.41) is 14.6. The molecule has 0 saturated heterocycles. The SMILES string of the molecule is CSC1(CNCc2ncc(C)c([N+](=O)[O-])c2C)CCCC1. The normalized spacial score (nSPS) is 17.1. The van der Waals surface area contributed by atoms with Gasteiger partial charge in [-0.2, -0.15) is 11.8 Å². The van der Waals surface area contributed by atoms with Crippen LogP contribution in [0, 0.1) is 24.0 Å². The average Bonchev–Trinajstić information content (AvgIpc) is 2.90. The first-order valence-corrected chi connectivity index (χ1v) is 8.57. The van der Waals surface area contributed by atoms with E-state index >= 15 is 0 Å². The van der Waals surface area contributed by atoms with E-state index in [1.807, 2.05) is 11.8 Å². The average molecular weight is 309 g/mol. The number of aryl methyl sites for hydroxylation is 1. The second kappa shape index (κ2) is 6.75. The van der Waals surface area contributed by atoms with Crippen LogP contribution in [0.25, 0.3) is 0 Å². The van der Waals surface area contributed by atoms with E-state index in [1.54, 1.807) is 20.0 Å². The smallest absolute Gasteiger partial charge is 0.278 e. The second-order valence-corrected chi connectivity index (χ2v) is 7.09. The Balaban J connectivity index is 2.04. The number of nitrogens with one attached hydrogen (secondary N) is 1. The highest BCUT2D eigenvalue weighted by atomic mass is 32.2. The highest BCUT2D eigenvalue weighted by Gasteiger charge is 2.32. The van der Waals surface area contributed by atoms with Crippen molar-refractivity contribution >= 4 is 17.4 Å². The van der Waals surface area contributed by atoms with E-state index in [0.717, 1.165) is 12.2 Å². The molecule has 21 heavy (non-hydrogen) atoms. The lowest BCUT2D eigenvalue weighted by Crippen LogP contribution is -2.35. The van der Waals surface area contributed by atoms with Crippen LogP contribution in [-0.2, 0) is 6.54 Å². The summed E-state index contributed by atoms with van der Waals surface area (Å²) in [6.45, 7) is 5.05. The molecule has 1 fully saturated rings. The van der Waals surface area contributed by atoms with E-state index in [4.69, 9.17) is 0 Å². The van der Waals surface area contributed by atoms with Crippen molar-refractivity contribution in [3.8, 4) is 0 Å². The van der Waals surface area contributed by atoms with Gasteiger partial charge in [0.2, 0.25) is 0 Å². The van der Waals surface area contributed by atoms with Gasteiger partial charge in [0, 0.05) is 35.2 Å². The molecule has 5 nitrogen and oxygen atoms in total. The van der Waals surface area contributed by atoms with Gasteiger partial charge in [0.05, 0.1) is 10.6 Å². The monoisotopic (exact) mass is 309 g/mol. The van der Waals surface area contributed by atoms with Crippen LogP contribution in [0.15, 0.2) is 6.20 Å². The Bertz CT molecular complexity index is 528. The summed E-state index contributed by atoms with van der Waals surface area (Å²) in [7, 11) is 0. The number of aromatic nitrogens is 1. The zero-order chi connectivity index (χ0) is 15.5. The van der Waals surface area contributed by atoms with Crippen molar-refractivity contribution in [2.45, 2.75) is 50.8 Å². The molecule has 0 aliphatic heterocycles. The summed E-state index contributed by atoms with van der Waals surface area (Å²) < 4.78 is 0.338. The third-order valence-corrected chi connectivity index (χ3v) is 5.86. The van der Waals surface area contributed by atoms with Gasteiger partial charge in [0.1, 0.15) is 0 Å². The number of nitrogens with zero attached hydrogens (tertiary/aromatic N) is 2. The molecule has 1 aromatic rings. The molecular formula is C15H23N3O2S. The van der Waals surface area contributed by atoms with Crippen LogP contribution in [0.3, 0.4) is 0 Å². The summed E-state index contributed by atoms with van der Waals surface area (Å²) in [4.78, 5) is 15.2. The molecule has 0 unspecified atom stereocenters. The van der Waals surface area contributed by atoms with Gasteiger partial charge in [-0.1, -0.05) is 12.8 Å². The molecule has 2 rings (SSSR count). The first-order chi connectivity index (χ1) is 9.99. The third-order valence-electron chi connectivity index (χ3n) is 4.45. The van der Waals surface area contributed by atoms with Crippen LogP contribution in [0.1, 0.15) is 42.5 Å². The quantitative estimate of drug-likeness (QED) is 0.644. The molecule has 1 aliphatic rings. The Kier molecular flexibility index (Phi) is 5.22. The summed E-state index contributed by atoms with van der Waals surface area (Å²) in [6, 6.07) is 0. The van der Waals surface area contributed by atoms with Crippen molar-refractivity contribution in [1.29, 1.82) is 0 Å². The van der Waals surface area contributed by atoms with Crippen molar-refractivity contribution in [2.24, 2.45) is 0 Å². The number of hydrogen-bond donors (Lipinski definition) is 1. The molecule has 1 aromatic heterocycles. The molecule has 0 aromatic carbocycles. The largest absolute Gasteiger partial charge is 0.310 e.